The largest absolute Gasteiger partial charge is 2.00 e. The molecule has 0 amide bonds. The Labute approximate surface area is 95.3 Å². The molecule has 0 radical (unpaired) electrons. The van der Waals surface area contributed by atoms with Crippen molar-refractivity contribution in [3.8, 4) is 0 Å². The monoisotopic (exact) mass is 387 g/mol. The molecule has 0 aromatic carbocycles. The number of carbonyl (C=O) groups excluding carboxylic acids is 2. The Balaban J connectivity index is -0.000000209. The first-order chi connectivity index (χ1) is 5.95. The Morgan fingerprint density at radius 2 is 1.57 bits per heavy atom. The maximum absolute atomic E-state index is 9.58. The Morgan fingerprint density at radius 1 is 1.21 bits per heavy atom. The SMILES string of the molecule is NCCN.O=C([O-])C[C@@H](O)C(=O)[O-].[Pt+2]. The molecule has 0 aromatic heterocycles. The van der Waals surface area contributed by atoms with Crippen molar-refractivity contribution < 1.29 is 46.0 Å². The first kappa shape index (κ1) is 19.1. The standard InChI is InChI=1S/C4H6O5.C2H8N2.Pt/c5-2(4(8)9)1-3(6)7;3-1-2-4;/h2,5H,1H2,(H,6,7)(H,8,9);1-4H2;/q;;+2/p-2/t2-;;/m1../s1. The second-order valence-corrected chi connectivity index (χ2v) is 1.99. The third-order valence-electron chi connectivity index (χ3n) is 0.799. The summed E-state index contributed by atoms with van der Waals surface area (Å²) in [5, 5.41) is 27.3. The maximum Gasteiger partial charge on any atom is 2.00 e. The number of carbonyl (C=O) groups is 2. The average molecular weight is 387 g/mol. The normalized spacial score (nSPS) is 10.2. The van der Waals surface area contributed by atoms with Crippen LogP contribution in [0.4, 0.5) is 0 Å². The number of aliphatic hydroxyl groups excluding tert-OH is 1. The second-order valence-electron chi connectivity index (χ2n) is 1.99. The average Bonchev–Trinajstić information content (AvgIpc) is 2.03. The van der Waals surface area contributed by atoms with Crippen LogP contribution >= 0.6 is 0 Å². The topological polar surface area (TPSA) is 153 Å². The number of hydrogen-bond acceptors (Lipinski definition) is 7. The molecular formula is C6H12N2O5Pt. The van der Waals surface area contributed by atoms with Gasteiger partial charge in [-0.15, -0.1) is 0 Å². The zero-order valence-electron chi connectivity index (χ0n) is 7.25. The van der Waals surface area contributed by atoms with E-state index in [1.165, 1.54) is 0 Å². The van der Waals surface area contributed by atoms with E-state index in [1.54, 1.807) is 0 Å². The molecule has 0 rings (SSSR count). The zero-order chi connectivity index (χ0) is 10.9. The molecule has 0 spiro atoms. The molecule has 7 nitrogen and oxygen atoms in total. The molecule has 0 bridgehead atoms. The van der Waals surface area contributed by atoms with E-state index in [0.717, 1.165) is 0 Å². The van der Waals surface area contributed by atoms with Gasteiger partial charge in [-0.05, 0) is 0 Å². The molecule has 0 unspecified atom stereocenters. The van der Waals surface area contributed by atoms with Crippen LogP contribution in [0.15, 0.2) is 0 Å². The van der Waals surface area contributed by atoms with Crippen LogP contribution < -0.4 is 21.7 Å². The summed E-state index contributed by atoms with van der Waals surface area (Å²) in [7, 11) is 0. The molecule has 0 fully saturated rings. The zero-order valence-corrected chi connectivity index (χ0v) is 9.52. The molecule has 5 N–H and O–H groups in total. The minimum atomic E-state index is -1.96. The van der Waals surface area contributed by atoms with Crippen LogP contribution in [0.2, 0.25) is 0 Å². The molecule has 1 atom stereocenters. The van der Waals surface area contributed by atoms with Gasteiger partial charge in [-0.3, -0.25) is 0 Å². The van der Waals surface area contributed by atoms with Gasteiger partial charge in [-0.1, -0.05) is 0 Å². The molecule has 8 heteroatoms. The number of nitrogens with two attached hydrogens (primary N) is 2. The summed E-state index contributed by atoms with van der Waals surface area (Å²) < 4.78 is 0. The van der Waals surface area contributed by atoms with Crippen molar-refractivity contribution in [1.29, 1.82) is 0 Å². The van der Waals surface area contributed by atoms with Crippen molar-refractivity contribution in [2.24, 2.45) is 11.5 Å². The summed E-state index contributed by atoms with van der Waals surface area (Å²) >= 11 is 0. The van der Waals surface area contributed by atoms with Gasteiger partial charge in [-0.25, -0.2) is 0 Å². The molecule has 0 aromatic rings. The van der Waals surface area contributed by atoms with Gasteiger partial charge in [0.2, 0.25) is 0 Å². The first-order valence-corrected chi connectivity index (χ1v) is 3.44. The molecule has 0 aliphatic carbocycles. The summed E-state index contributed by atoms with van der Waals surface area (Å²) in [4.78, 5) is 19.1. The Kier molecular flexibility index (Phi) is 17.1. The van der Waals surface area contributed by atoms with Crippen molar-refractivity contribution in [2.75, 3.05) is 13.1 Å². The van der Waals surface area contributed by atoms with E-state index >= 15 is 0 Å². The second kappa shape index (κ2) is 12.5. The molecular weight excluding hydrogens is 375 g/mol. The minimum absolute atomic E-state index is 0. The van der Waals surface area contributed by atoms with E-state index in [1.807, 2.05) is 0 Å². The molecule has 0 aliphatic rings. The number of hydrogen-bond donors (Lipinski definition) is 3. The molecule has 0 saturated heterocycles. The smallest absolute Gasteiger partial charge is 0.550 e. The summed E-state index contributed by atoms with van der Waals surface area (Å²) in [6.45, 7) is 1.19. The van der Waals surface area contributed by atoms with Crippen LogP contribution in [0.1, 0.15) is 6.42 Å². The van der Waals surface area contributed by atoms with Gasteiger partial charge in [0.15, 0.2) is 0 Å². The maximum atomic E-state index is 9.58. The van der Waals surface area contributed by atoms with Gasteiger partial charge in [0.05, 0.1) is 12.1 Å². The van der Waals surface area contributed by atoms with Crippen molar-refractivity contribution in [2.45, 2.75) is 12.5 Å². The van der Waals surface area contributed by atoms with E-state index in [0.29, 0.717) is 13.1 Å². The van der Waals surface area contributed by atoms with Gasteiger partial charge in [-0.2, -0.15) is 0 Å². The molecule has 0 saturated carbocycles. The third-order valence-corrected chi connectivity index (χ3v) is 0.799. The first-order valence-electron chi connectivity index (χ1n) is 3.44. The van der Waals surface area contributed by atoms with E-state index in [2.05, 4.69) is 0 Å². The molecule has 0 heterocycles. The number of carboxylic acid groups (broad SMARTS) is 2. The van der Waals surface area contributed by atoms with Crippen LogP contribution in [-0.4, -0.2) is 36.2 Å². The fourth-order valence-electron chi connectivity index (χ4n) is 0.241. The number of carboxylic acids is 2. The fraction of sp³-hybridized carbons (Fsp3) is 0.667. The predicted molar refractivity (Wildman–Crippen MR) is 38.7 cm³/mol. The minimum Gasteiger partial charge on any atom is -0.550 e. The van der Waals surface area contributed by atoms with Crippen molar-refractivity contribution in [3.05, 3.63) is 0 Å². The van der Waals surface area contributed by atoms with E-state index in [-0.39, 0.29) is 21.1 Å². The fourth-order valence-corrected chi connectivity index (χ4v) is 0.241. The van der Waals surface area contributed by atoms with Crippen molar-refractivity contribution in [1.82, 2.24) is 0 Å². The number of rotatable bonds is 4. The third kappa shape index (κ3) is 17.6. The Bertz CT molecular complexity index is 164. The Hall–Kier alpha value is -0.492. The predicted octanol–water partition coefficient (Wildman–Crippen LogP) is -4.86. The Morgan fingerprint density at radius 3 is 1.64 bits per heavy atom. The summed E-state index contributed by atoms with van der Waals surface area (Å²) in [5.74, 6) is -3.43. The number of aliphatic hydroxyl groups is 1. The van der Waals surface area contributed by atoms with E-state index in [4.69, 9.17) is 16.6 Å². The molecule has 0 aliphatic heterocycles. The van der Waals surface area contributed by atoms with E-state index < -0.39 is 24.5 Å². The van der Waals surface area contributed by atoms with Crippen LogP contribution in [-0.2, 0) is 30.7 Å². The summed E-state index contributed by atoms with van der Waals surface area (Å²) in [5.41, 5.74) is 9.81. The van der Waals surface area contributed by atoms with Crippen LogP contribution in [0.3, 0.4) is 0 Å². The summed E-state index contributed by atoms with van der Waals surface area (Å²) in [6.07, 6.45) is -2.89. The van der Waals surface area contributed by atoms with Gasteiger partial charge in [0.1, 0.15) is 0 Å². The number of aliphatic carboxylic acids is 2. The van der Waals surface area contributed by atoms with Gasteiger partial charge in [0.25, 0.3) is 0 Å². The molecule has 14 heavy (non-hydrogen) atoms. The van der Waals surface area contributed by atoms with Gasteiger partial charge < -0.3 is 36.4 Å². The van der Waals surface area contributed by atoms with Gasteiger partial charge in [0, 0.05) is 25.5 Å². The van der Waals surface area contributed by atoms with Crippen LogP contribution in [0, 0.1) is 0 Å². The van der Waals surface area contributed by atoms with Gasteiger partial charge >= 0.3 is 21.1 Å². The van der Waals surface area contributed by atoms with Crippen molar-refractivity contribution >= 4 is 11.9 Å². The quantitative estimate of drug-likeness (QED) is 0.437. The van der Waals surface area contributed by atoms with Crippen molar-refractivity contribution in [3.63, 3.8) is 0 Å². The molecule has 86 valence electrons. The van der Waals surface area contributed by atoms with Crippen LogP contribution in [0.25, 0.3) is 0 Å². The summed E-state index contributed by atoms with van der Waals surface area (Å²) in [6, 6.07) is 0. The van der Waals surface area contributed by atoms with Crippen LogP contribution in [0.5, 0.6) is 0 Å². The van der Waals surface area contributed by atoms with E-state index in [9.17, 15) is 19.8 Å².